The van der Waals surface area contributed by atoms with Crippen LogP contribution in [0, 0.1) is 0 Å². The number of aromatic amines is 1. The summed E-state index contributed by atoms with van der Waals surface area (Å²) in [6, 6.07) is 14.8. The molecule has 0 aliphatic rings. The van der Waals surface area contributed by atoms with Gasteiger partial charge in [-0.2, -0.15) is 0 Å². The molecule has 0 spiro atoms. The van der Waals surface area contributed by atoms with E-state index >= 15 is 0 Å². The normalized spacial score (nSPS) is 10.8. The van der Waals surface area contributed by atoms with E-state index in [0.29, 0.717) is 10.7 Å². The summed E-state index contributed by atoms with van der Waals surface area (Å²) in [5.41, 5.74) is 5.97. The zero-order valence-electron chi connectivity index (χ0n) is 13.0. The Kier molecular flexibility index (Phi) is 5.33. The van der Waals surface area contributed by atoms with Gasteiger partial charge in [-0.25, -0.2) is 0 Å². The molecule has 126 valence electrons. The van der Waals surface area contributed by atoms with Gasteiger partial charge in [0.15, 0.2) is 0 Å². The van der Waals surface area contributed by atoms with Gasteiger partial charge in [-0.15, -0.1) is 11.3 Å². The van der Waals surface area contributed by atoms with E-state index in [4.69, 9.17) is 11.6 Å². The Morgan fingerprint density at radius 1 is 1.04 bits per heavy atom. The molecular formula is C18H14ClN3O2S. The van der Waals surface area contributed by atoms with Crippen molar-refractivity contribution in [3.63, 3.8) is 0 Å². The fraction of sp³-hybridized carbons (Fsp3) is 0. The third-order valence-electron chi connectivity index (χ3n) is 3.31. The average molecular weight is 372 g/mol. The third kappa shape index (κ3) is 4.37. The number of carbonyl (C=O) groups is 2. The first-order chi connectivity index (χ1) is 12.1. The van der Waals surface area contributed by atoms with Gasteiger partial charge >= 0.3 is 0 Å². The fourth-order valence-corrected chi connectivity index (χ4v) is 3.35. The maximum Gasteiger partial charge on any atom is 0.286 e. The quantitative estimate of drug-likeness (QED) is 0.481. The largest absolute Gasteiger partial charge is 0.357 e. The van der Waals surface area contributed by atoms with E-state index in [-0.39, 0.29) is 0 Å². The number of hydrogen-bond acceptors (Lipinski definition) is 3. The second kappa shape index (κ2) is 7.83. The predicted molar refractivity (Wildman–Crippen MR) is 100 cm³/mol. The summed E-state index contributed by atoms with van der Waals surface area (Å²) in [5.74, 6) is -0.837. The number of rotatable bonds is 4. The van der Waals surface area contributed by atoms with Crippen LogP contribution in [0.2, 0.25) is 5.02 Å². The highest BCUT2D eigenvalue weighted by Gasteiger charge is 2.07. The Labute approximate surface area is 153 Å². The highest BCUT2D eigenvalue weighted by molar-refractivity contribution is 7.16. The zero-order chi connectivity index (χ0) is 17.6. The average Bonchev–Trinajstić information content (AvgIpc) is 3.30. The van der Waals surface area contributed by atoms with E-state index < -0.39 is 11.8 Å². The van der Waals surface area contributed by atoms with Gasteiger partial charge in [0.2, 0.25) is 0 Å². The molecule has 2 heterocycles. The molecule has 0 aliphatic heterocycles. The summed E-state index contributed by atoms with van der Waals surface area (Å²) in [6.07, 6.45) is 4.67. The monoisotopic (exact) mass is 371 g/mol. The lowest BCUT2D eigenvalue weighted by Crippen LogP contribution is -2.40. The van der Waals surface area contributed by atoms with Gasteiger partial charge in [-0.05, 0) is 36.4 Å². The lowest BCUT2D eigenvalue weighted by atomic mass is 10.2. The van der Waals surface area contributed by atoms with Gasteiger partial charge in [0.05, 0.1) is 0 Å². The summed E-state index contributed by atoms with van der Waals surface area (Å²) >= 11 is 7.71. The Morgan fingerprint density at radius 2 is 1.88 bits per heavy atom. The standard InChI is InChI=1S/C18H14ClN3O2S/c19-14-5-2-1-4-13(14)16-9-7-12(25-16)8-10-17(23)21-22-18(24)15-6-3-11-20-15/h1-11,20H,(H,21,23)(H,22,24). The highest BCUT2D eigenvalue weighted by atomic mass is 35.5. The molecule has 2 aromatic heterocycles. The first kappa shape index (κ1) is 17.0. The first-order valence-electron chi connectivity index (χ1n) is 7.40. The van der Waals surface area contributed by atoms with Crippen LogP contribution in [0.4, 0.5) is 0 Å². The number of halogens is 1. The van der Waals surface area contributed by atoms with Crippen molar-refractivity contribution in [2.75, 3.05) is 0 Å². The number of thiophene rings is 1. The molecule has 3 N–H and O–H groups in total. The number of hydrazine groups is 1. The molecule has 0 fully saturated rings. The molecule has 0 unspecified atom stereocenters. The minimum atomic E-state index is -0.424. The Bertz CT molecular complexity index is 916. The van der Waals surface area contributed by atoms with E-state index in [2.05, 4.69) is 15.8 Å². The van der Waals surface area contributed by atoms with Gasteiger partial charge in [-0.3, -0.25) is 20.4 Å². The molecule has 0 atom stereocenters. The molecule has 5 nitrogen and oxygen atoms in total. The summed E-state index contributed by atoms with van der Waals surface area (Å²) < 4.78 is 0. The van der Waals surface area contributed by atoms with Crippen LogP contribution >= 0.6 is 22.9 Å². The first-order valence-corrected chi connectivity index (χ1v) is 8.59. The van der Waals surface area contributed by atoms with Crippen LogP contribution in [0.5, 0.6) is 0 Å². The number of nitrogens with one attached hydrogen (secondary N) is 3. The van der Waals surface area contributed by atoms with Crippen LogP contribution in [0.3, 0.4) is 0 Å². The maximum atomic E-state index is 11.8. The maximum absolute atomic E-state index is 11.8. The van der Waals surface area contributed by atoms with Crippen molar-refractivity contribution < 1.29 is 9.59 Å². The molecule has 0 saturated carbocycles. The SMILES string of the molecule is O=C(C=Cc1ccc(-c2ccccc2Cl)s1)NNC(=O)c1ccc[nH]1. The molecule has 0 saturated heterocycles. The van der Waals surface area contributed by atoms with Crippen LogP contribution in [-0.2, 0) is 4.79 Å². The zero-order valence-corrected chi connectivity index (χ0v) is 14.5. The Hall–Kier alpha value is -2.83. The molecule has 0 bridgehead atoms. The minimum Gasteiger partial charge on any atom is -0.357 e. The van der Waals surface area contributed by atoms with Gasteiger partial charge in [0.25, 0.3) is 11.8 Å². The third-order valence-corrected chi connectivity index (χ3v) is 4.72. The lowest BCUT2D eigenvalue weighted by Gasteiger charge is -2.03. The van der Waals surface area contributed by atoms with E-state index in [1.807, 2.05) is 36.4 Å². The molecule has 7 heteroatoms. The van der Waals surface area contributed by atoms with Crippen molar-refractivity contribution in [1.82, 2.24) is 15.8 Å². The second-order valence-corrected chi connectivity index (χ2v) is 6.56. The number of H-pyrrole nitrogens is 1. The Balaban J connectivity index is 1.58. The summed E-state index contributed by atoms with van der Waals surface area (Å²) in [5, 5.41) is 0.685. The van der Waals surface area contributed by atoms with E-state index in [0.717, 1.165) is 15.3 Å². The molecule has 1 aromatic carbocycles. The fourth-order valence-electron chi connectivity index (χ4n) is 2.10. The molecule has 3 aromatic rings. The predicted octanol–water partition coefficient (Wildman–Crippen LogP) is 3.87. The second-order valence-electron chi connectivity index (χ2n) is 5.04. The minimum absolute atomic E-state index is 0.368. The van der Waals surface area contributed by atoms with Crippen molar-refractivity contribution in [2.24, 2.45) is 0 Å². The lowest BCUT2D eigenvalue weighted by molar-refractivity contribution is -0.117. The number of aromatic nitrogens is 1. The summed E-state index contributed by atoms with van der Waals surface area (Å²) in [6.45, 7) is 0. The van der Waals surface area contributed by atoms with Crippen LogP contribution < -0.4 is 10.9 Å². The van der Waals surface area contributed by atoms with Gasteiger partial charge < -0.3 is 4.98 Å². The van der Waals surface area contributed by atoms with Gasteiger partial charge in [0, 0.05) is 32.6 Å². The van der Waals surface area contributed by atoms with E-state index in [1.165, 1.54) is 17.4 Å². The van der Waals surface area contributed by atoms with Crippen molar-refractivity contribution in [3.8, 4) is 10.4 Å². The molecular weight excluding hydrogens is 358 g/mol. The summed E-state index contributed by atoms with van der Waals surface area (Å²) in [4.78, 5) is 28.1. The van der Waals surface area contributed by atoms with Crippen LogP contribution in [0.15, 0.2) is 60.8 Å². The van der Waals surface area contributed by atoms with Crippen LogP contribution in [-0.4, -0.2) is 16.8 Å². The Morgan fingerprint density at radius 3 is 2.64 bits per heavy atom. The van der Waals surface area contributed by atoms with Gasteiger partial charge in [0.1, 0.15) is 5.69 Å². The van der Waals surface area contributed by atoms with Crippen molar-refractivity contribution in [3.05, 3.63) is 76.4 Å². The molecule has 0 radical (unpaired) electrons. The summed E-state index contributed by atoms with van der Waals surface area (Å²) in [7, 11) is 0. The topological polar surface area (TPSA) is 74.0 Å². The molecule has 3 rings (SSSR count). The number of amides is 2. The van der Waals surface area contributed by atoms with Gasteiger partial charge in [-0.1, -0.05) is 29.8 Å². The molecule has 25 heavy (non-hydrogen) atoms. The highest BCUT2D eigenvalue weighted by Crippen LogP contribution is 2.33. The number of carbonyl (C=O) groups excluding carboxylic acids is 2. The smallest absolute Gasteiger partial charge is 0.286 e. The number of benzene rings is 1. The molecule has 0 aliphatic carbocycles. The molecule has 2 amide bonds. The van der Waals surface area contributed by atoms with Crippen molar-refractivity contribution >= 4 is 40.8 Å². The van der Waals surface area contributed by atoms with E-state index in [1.54, 1.807) is 24.4 Å². The van der Waals surface area contributed by atoms with Crippen molar-refractivity contribution in [1.29, 1.82) is 0 Å². The van der Waals surface area contributed by atoms with Crippen molar-refractivity contribution in [2.45, 2.75) is 0 Å². The van der Waals surface area contributed by atoms with Crippen LogP contribution in [0.1, 0.15) is 15.4 Å². The number of hydrogen-bond donors (Lipinski definition) is 3. The van der Waals surface area contributed by atoms with E-state index in [9.17, 15) is 9.59 Å². The van der Waals surface area contributed by atoms with Crippen LogP contribution in [0.25, 0.3) is 16.5 Å².